The van der Waals surface area contributed by atoms with Crippen molar-refractivity contribution in [3.05, 3.63) is 0 Å². The average Bonchev–Trinajstić information content (AvgIpc) is 2.38. The van der Waals surface area contributed by atoms with Gasteiger partial charge in [0, 0.05) is 36.0 Å². The summed E-state index contributed by atoms with van der Waals surface area (Å²) in [4.78, 5) is 2.83. The SMILES string of the molecule is CCC1CNC(C)(C)CN1C1CCCC(SC)C1. The first-order chi connectivity index (χ1) is 8.55. The van der Waals surface area contributed by atoms with E-state index in [-0.39, 0.29) is 5.54 Å². The van der Waals surface area contributed by atoms with Crippen LogP contribution in [-0.2, 0) is 0 Å². The van der Waals surface area contributed by atoms with Gasteiger partial charge in [-0.05, 0) is 45.8 Å². The summed E-state index contributed by atoms with van der Waals surface area (Å²) in [7, 11) is 0. The van der Waals surface area contributed by atoms with Gasteiger partial charge in [-0.25, -0.2) is 0 Å². The molecule has 2 aliphatic rings. The lowest BCUT2D eigenvalue weighted by Gasteiger charge is -2.49. The first-order valence-electron chi connectivity index (χ1n) is 7.59. The van der Waals surface area contributed by atoms with E-state index in [9.17, 15) is 0 Å². The molecule has 0 aromatic rings. The molecule has 1 saturated carbocycles. The van der Waals surface area contributed by atoms with Crippen molar-refractivity contribution in [1.29, 1.82) is 0 Å². The molecule has 0 aromatic carbocycles. The maximum absolute atomic E-state index is 3.71. The first kappa shape index (κ1) is 14.7. The highest BCUT2D eigenvalue weighted by Crippen LogP contribution is 2.33. The summed E-state index contributed by atoms with van der Waals surface area (Å²) in [6.45, 7) is 9.43. The predicted molar refractivity (Wildman–Crippen MR) is 82.4 cm³/mol. The highest BCUT2D eigenvalue weighted by atomic mass is 32.2. The van der Waals surface area contributed by atoms with Gasteiger partial charge in [0.15, 0.2) is 0 Å². The average molecular weight is 270 g/mol. The van der Waals surface area contributed by atoms with E-state index in [0.29, 0.717) is 0 Å². The molecule has 2 fully saturated rings. The Balaban J connectivity index is 2.03. The van der Waals surface area contributed by atoms with E-state index in [4.69, 9.17) is 0 Å². The molecule has 1 aliphatic carbocycles. The number of piperazine rings is 1. The lowest BCUT2D eigenvalue weighted by molar-refractivity contribution is 0.0374. The number of hydrogen-bond donors (Lipinski definition) is 1. The topological polar surface area (TPSA) is 15.3 Å². The van der Waals surface area contributed by atoms with Crippen LogP contribution in [0, 0.1) is 0 Å². The van der Waals surface area contributed by atoms with Crippen LogP contribution in [0.25, 0.3) is 0 Å². The zero-order valence-corrected chi connectivity index (χ0v) is 13.4. The normalized spacial score (nSPS) is 37.7. The molecule has 1 N–H and O–H groups in total. The van der Waals surface area contributed by atoms with E-state index in [1.165, 1.54) is 45.2 Å². The molecule has 3 unspecified atom stereocenters. The van der Waals surface area contributed by atoms with Crippen LogP contribution in [0.4, 0.5) is 0 Å². The van der Waals surface area contributed by atoms with Crippen LogP contribution in [0.2, 0.25) is 0 Å². The lowest BCUT2D eigenvalue weighted by atomic mass is 9.88. The maximum Gasteiger partial charge on any atom is 0.0253 e. The van der Waals surface area contributed by atoms with E-state index < -0.39 is 0 Å². The molecule has 3 heteroatoms. The van der Waals surface area contributed by atoms with Crippen LogP contribution in [-0.4, -0.2) is 47.1 Å². The third-order valence-electron chi connectivity index (χ3n) is 4.74. The van der Waals surface area contributed by atoms with Gasteiger partial charge in [0.2, 0.25) is 0 Å². The van der Waals surface area contributed by atoms with Crippen molar-refractivity contribution in [2.24, 2.45) is 0 Å². The second-order valence-electron chi connectivity index (χ2n) is 6.68. The fourth-order valence-corrected chi connectivity index (χ4v) is 4.41. The summed E-state index contributed by atoms with van der Waals surface area (Å²) in [5, 5.41) is 4.61. The summed E-state index contributed by atoms with van der Waals surface area (Å²) in [5.74, 6) is 0. The Morgan fingerprint density at radius 2 is 2.11 bits per heavy atom. The second-order valence-corrected chi connectivity index (χ2v) is 7.82. The Bertz CT molecular complexity index is 267. The summed E-state index contributed by atoms with van der Waals surface area (Å²) < 4.78 is 0. The van der Waals surface area contributed by atoms with Crippen LogP contribution in [0.1, 0.15) is 52.9 Å². The fourth-order valence-electron chi connectivity index (χ4n) is 3.59. The van der Waals surface area contributed by atoms with Gasteiger partial charge in [-0.15, -0.1) is 0 Å². The van der Waals surface area contributed by atoms with Gasteiger partial charge in [0.05, 0.1) is 0 Å². The zero-order valence-electron chi connectivity index (χ0n) is 12.5. The molecule has 1 heterocycles. The van der Waals surface area contributed by atoms with Crippen molar-refractivity contribution in [2.75, 3.05) is 19.3 Å². The predicted octanol–water partition coefficient (Wildman–Crippen LogP) is 3.12. The molecule has 0 spiro atoms. The van der Waals surface area contributed by atoms with Crippen molar-refractivity contribution in [3.63, 3.8) is 0 Å². The monoisotopic (exact) mass is 270 g/mol. The Kier molecular flexibility index (Phi) is 5.01. The second kappa shape index (κ2) is 6.15. The van der Waals surface area contributed by atoms with Crippen molar-refractivity contribution < 1.29 is 0 Å². The minimum atomic E-state index is 0.290. The van der Waals surface area contributed by atoms with E-state index in [1.807, 2.05) is 0 Å². The van der Waals surface area contributed by atoms with Gasteiger partial charge in [0.1, 0.15) is 0 Å². The van der Waals surface area contributed by atoms with Crippen LogP contribution >= 0.6 is 11.8 Å². The molecule has 0 radical (unpaired) electrons. The lowest BCUT2D eigenvalue weighted by Crippen LogP contribution is -2.64. The molecular formula is C15H30N2S. The maximum atomic E-state index is 3.71. The molecule has 18 heavy (non-hydrogen) atoms. The molecule has 3 atom stereocenters. The number of hydrogen-bond acceptors (Lipinski definition) is 3. The van der Waals surface area contributed by atoms with Gasteiger partial charge in [-0.1, -0.05) is 13.3 Å². The van der Waals surface area contributed by atoms with Crippen molar-refractivity contribution in [1.82, 2.24) is 10.2 Å². The fraction of sp³-hybridized carbons (Fsp3) is 1.00. The number of nitrogens with one attached hydrogen (secondary N) is 1. The third kappa shape index (κ3) is 3.43. The smallest absolute Gasteiger partial charge is 0.0253 e. The zero-order chi connectivity index (χ0) is 13.2. The summed E-state index contributed by atoms with van der Waals surface area (Å²) in [6.07, 6.45) is 9.26. The molecular weight excluding hydrogens is 240 g/mol. The van der Waals surface area contributed by atoms with Crippen LogP contribution < -0.4 is 5.32 Å². The molecule has 0 aromatic heterocycles. The molecule has 2 nitrogen and oxygen atoms in total. The molecule has 0 bridgehead atoms. The van der Waals surface area contributed by atoms with Crippen LogP contribution in [0.5, 0.6) is 0 Å². The van der Waals surface area contributed by atoms with Crippen molar-refractivity contribution >= 4 is 11.8 Å². The van der Waals surface area contributed by atoms with Gasteiger partial charge in [-0.3, -0.25) is 4.90 Å². The van der Waals surface area contributed by atoms with E-state index >= 15 is 0 Å². The minimum absolute atomic E-state index is 0.290. The molecule has 2 rings (SSSR count). The van der Waals surface area contributed by atoms with Crippen molar-refractivity contribution in [2.45, 2.75) is 75.7 Å². The first-order valence-corrected chi connectivity index (χ1v) is 8.88. The Labute approximate surface area is 117 Å². The minimum Gasteiger partial charge on any atom is -0.309 e. The quantitative estimate of drug-likeness (QED) is 0.848. The molecule has 0 amide bonds. The summed E-state index contributed by atoms with van der Waals surface area (Å²) >= 11 is 2.08. The Morgan fingerprint density at radius 1 is 1.33 bits per heavy atom. The number of thioether (sulfide) groups is 1. The molecule has 1 saturated heterocycles. The Hall–Kier alpha value is 0.270. The van der Waals surface area contributed by atoms with Crippen molar-refractivity contribution in [3.8, 4) is 0 Å². The standard InChI is InChI=1S/C15H30N2S/c1-5-12-10-16-15(2,3)11-17(12)13-7-6-8-14(9-13)18-4/h12-14,16H,5-11H2,1-4H3. The third-order valence-corrected chi connectivity index (χ3v) is 5.83. The highest BCUT2D eigenvalue weighted by molar-refractivity contribution is 7.99. The van der Waals surface area contributed by atoms with E-state index in [0.717, 1.165) is 17.3 Å². The summed E-state index contributed by atoms with van der Waals surface area (Å²) in [5.41, 5.74) is 0.290. The molecule has 1 aliphatic heterocycles. The Morgan fingerprint density at radius 3 is 2.78 bits per heavy atom. The van der Waals surface area contributed by atoms with E-state index in [2.05, 4.69) is 49.0 Å². The van der Waals surface area contributed by atoms with Gasteiger partial charge >= 0.3 is 0 Å². The van der Waals surface area contributed by atoms with Crippen LogP contribution in [0.3, 0.4) is 0 Å². The summed E-state index contributed by atoms with van der Waals surface area (Å²) in [6, 6.07) is 1.59. The van der Waals surface area contributed by atoms with E-state index in [1.54, 1.807) is 0 Å². The number of nitrogens with zero attached hydrogens (tertiary/aromatic N) is 1. The highest BCUT2D eigenvalue weighted by Gasteiger charge is 2.37. The van der Waals surface area contributed by atoms with Gasteiger partial charge in [-0.2, -0.15) is 11.8 Å². The van der Waals surface area contributed by atoms with Gasteiger partial charge in [0.25, 0.3) is 0 Å². The number of rotatable bonds is 3. The largest absolute Gasteiger partial charge is 0.309 e. The molecule has 106 valence electrons. The van der Waals surface area contributed by atoms with Gasteiger partial charge < -0.3 is 5.32 Å². The van der Waals surface area contributed by atoms with Crippen LogP contribution in [0.15, 0.2) is 0 Å².